The maximum Gasteiger partial charge on any atom is 0.328 e. The Balaban J connectivity index is 0.000000392. The van der Waals surface area contributed by atoms with Gasteiger partial charge in [0.15, 0.2) is 5.82 Å². The lowest BCUT2D eigenvalue weighted by Gasteiger charge is -2.38. The normalized spacial score (nSPS) is 14.5. The largest absolute Gasteiger partial charge is 0.478 e. The van der Waals surface area contributed by atoms with Crippen LogP contribution in [0.3, 0.4) is 0 Å². The maximum absolute atomic E-state index is 9.55. The molecule has 0 spiro atoms. The monoisotopic (exact) mass is 489 g/mol. The van der Waals surface area contributed by atoms with Crippen molar-refractivity contribution in [1.29, 1.82) is 5.26 Å². The number of carboxylic acid groups (broad SMARTS) is 2. The summed E-state index contributed by atoms with van der Waals surface area (Å²) in [7, 11) is 0. The number of piperazine rings is 1. The van der Waals surface area contributed by atoms with E-state index in [0.29, 0.717) is 23.8 Å². The minimum absolute atomic E-state index is 0.336. The number of nitrogens with zero attached hydrogens (tertiary/aromatic N) is 6. The van der Waals surface area contributed by atoms with Gasteiger partial charge in [0, 0.05) is 74.1 Å². The average molecular weight is 490 g/mol. The molecule has 3 N–H and O–H groups in total. The molecule has 0 aliphatic carbocycles. The number of anilines is 1. The van der Waals surface area contributed by atoms with Crippen LogP contribution in [0.2, 0.25) is 0 Å². The lowest BCUT2D eigenvalue weighted by atomic mass is 10.0. The summed E-state index contributed by atoms with van der Waals surface area (Å²) in [6.45, 7) is 7.92. The molecule has 11 heteroatoms. The zero-order chi connectivity index (χ0) is 26.1. The van der Waals surface area contributed by atoms with Crippen LogP contribution < -0.4 is 4.90 Å². The van der Waals surface area contributed by atoms with Crippen molar-refractivity contribution in [3.63, 3.8) is 0 Å². The third-order valence-corrected chi connectivity index (χ3v) is 5.82. The van der Waals surface area contributed by atoms with E-state index in [0.717, 1.165) is 48.8 Å². The molecule has 11 nitrogen and oxygen atoms in total. The minimum atomic E-state index is -1.26. The van der Waals surface area contributed by atoms with Crippen LogP contribution in [0.25, 0.3) is 11.3 Å². The van der Waals surface area contributed by atoms with Crippen LogP contribution >= 0.6 is 0 Å². The van der Waals surface area contributed by atoms with E-state index in [4.69, 9.17) is 15.5 Å². The quantitative estimate of drug-likeness (QED) is 0.439. The zero-order valence-corrected chi connectivity index (χ0v) is 20.0. The molecule has 1 fully saturated rings. The Bertz CT molecular complexity index is 1240. The van der Waals surface area contributed by atoms with E-state index in [-0.39, 0.29) is 0 Å². The summed E-state index contributed by atoms with van der Waals surface area (Å²) in [5.41, 5.74) is 4.81. The summed E-state index contributed by atoms with van der Waals surface area (Å²) >= 11 is 0. The Morgan fingerprint density at radius 2 is 1.78 bits per heavy atom. The van der Waals surface area contributed by atoms with Gasteiger partial charge in [-0.1, -0.05) is 6.07 Å². The number of hydrogen-bond donors (Lipinski definition) is 3. The Morgan fingerprint density at radius 1 is 1.11 bits per heavy atom. The molecular weight excluding hydrogens is 462 g/mol. The number of hydrogen-bond acceptors (Lipinski definition) is 8. The number of aliphatic carboxylic acids is 2. The van der Waals surface area contributed by atoms with Crippen molar-refractivity contribution in [2.24, 2.45) is 0 Å². The van der Waals surface area contributed by atoms with Gasteiger partial charge in [-0.2, -0.15) is 10.4 Å². The second-order valence-corrected chi connectivity index (χ2v) is 8.11. The molecule has 1 unspecified atom stereocenters. The molecule has 0 radical (unpaired) electrons. The van der Waals surface area contributed by atoms with Crippen molar-refractivity contribution in [1.82, 2.24) is 25.1 Å². The number of carboxylic acids is 2. The molecule has 4 rings (SSSR count). The van der Waals surface area contributed by atoms with E-state index in [1.54, 1.807) is 12.4 Å². The van der Waals surface area contributed by atoms with Crippen LogP contribution in [0, 0.1) is 18.3 Å². The minimum Gasteiger partial charge on any atom is -0.478 e. The standard InChI is InChI=1S/C21H23N7.C4H4O4/c1-15-11-17(12-22)3-4-19(15)20-21(24-6-5-23-20)28-9-7-27(8-10-28)16(2)18-13-25-26-14-18;5-3(6)1-2-4(7)8/h3-6,11,13-14,16H,7-10H2,1-2H3,(H,25,26);1-2H,(H,5,6)(H,7,8)/b;2-1+. The highest BCUT2D eigenvalue weighted by Crippen LogP contribution is 2.31. The van der Waals surface area contributed by atoms with Crippen LogP contribution in [0.4, 0.5) is 5.82 Å². The van der Waals surface area contributed by atoms with Gasteiger partial charge in [0.1, 0.15) is 5.69 Å². The van der Waals surface area contributed by atoms with Crippen molar-refractivity contribution in [3.05, 3.63) is 71.8 Å². The lowest BCUT2D eigenvalue weighted by Crippen LogP contribution is -2.47. The Labute approximate surface area is 208 Å². The number of nitrogens with one attached hydrogen (secondary N) is 1. The molecule has 0 amide bonds. The smallest absolute Gasteiger partial charge is 0.328 e. The highest BCUT2D eigenvalue weighted by molar-refractivity contribution is 5.89. The summed E-state index contributed by atoms with van der Waals surface area (Å²) < 4.78 is 0. The highest BCUT2D eigenvalue weighted by Gasteiger charge is 2.25. The van der Waals surface area contributed by atoms with Crippen molar-refractivity contribution in [2.75, 3.05) is 31.1 Å². The number of nitriles is 1. The van der Waals surface area contributed by atoms with E-state index in [2.05, 4.69) is 43.0 Å². The fourth-order valence-electron chi connectivity index (χ4n) is 3.91. The van der Waals surface area contributed by atoms with Crippen molar-refractivity contribution in [2.45, 2.75) is 19.9 Å². The number of rotatable bonds is 6. The highest BCUT2D eigenvalue weighted by atomic mass is 16.4. The molecule has 3 aromatic rings. The molecule has 1 atom stereocenters. The van der Waals surface area contributed by atoms with Gasteiger partial charge < -0.3 is 15.1 Å². The van der Waals surface area contributed by atoms with E-state index in [1.807, 2.05) is 37.5 Å². The van der Waals surface area contributed by atoms with Gasteiger partial charge in [0.2, 0.25) is 0 Å². The van der Waals surface area contributed by atoms with E-state index < -0.39 is 11.9 Å². The van der Waals surface area contributed by atoms with Gasteiger partial charge in [0.25, 0.3) is 0 Å². The average Bonchev–Trinajstić information content (AvgIpc) is 3.43. The van der Waals surface area contributed by atoms with Crippen LogP contribution in [0.1, 0.15) is 29.7 Å². The second-order valence-electron chi connectivity index (χ2n) is 8.11. The lowest BCUT2D eigenvalue weighted by molar-refractivity contribution is -0.134. The summed E-state index contributed by atoms with van der Waals surface area (Å²) in [6.07, 6.45) is 8.45. The molecule has 36 heavy (non-hydrogen) atoms. The Hall–Kier alpha value is -4.56. The fourth-order valence-corrected chi connectivity index (χ4v) is 3.91. The van der Waals surface area contributed by atoms with Crippen LogP contribution in [-0.2, 0) is 9.59 Å². The molecule has 2 aromatic heterocycles. The SMILES string of the molecule is Cc1cc(C#N)ccc1-c1nccnc1N1CCN(C(C)c2cn[nH]c2)CC1.O=C(O)/C=C/C(=O)O. The third kappa shape index (κ3) is 6.74. The Kier molecular flexibility index (Phi) is 8.85. The fraction of sp³-hybridized carbons (Fsp3) is 0.280. The second kappa shape index (κ2) is 12.2. The van der Waals surface area contributed by atoms with Crippen molar-refractivity contribution in [3.8, 4) is 17.3 Å². The number of carbonyl (C=O) groups is 2. The molecular formula is C25H27N7O4. The Morgan fingerprint density at radius 3 is 2.33 bits per heavy atom. The topological polar surface area (TPSA) is 159 Å². The summed E-state index contributed by atoms with van der Waals surface area (Å²) in [5.74, 6) is -1.61. The predicted molar refractivity (Wildman–Crippen MR) is 132 cm³/mol. The first-order chi connectivity index (χ1) is 17.3. The third-order valence-electron chi connectivity index (χ3n) is 5.82. The first-order valence-corrected chi connectivity index (χ1v) is 11.2. The summed E-state index contributed by atoms with van der Waals surface area (Å²) in [6, 6.07) is 8.24. The van der Waals surface area contributed by atoms with E-state index in [1.165, 1.54) is 5.56 Å². The first-order valence-electron chi connectivity index (χ1n) is 11.2. The van der Waals surface area contributed by atoms with E-state index >= 15 is 0 Å². The molecule has 1 saturated heterocycles. The molecule has 1 aromatic carbocycles. The number of H-pyrrole nitrogens is 1. The predicted octanol–water partition coefficient (Wildman–Crippen LogP) is 2.64. The summed E-state index contributed by atoms with van der Waals surface area (Å²) in [5, 5.41) is 31.7. The van der Waals surface area contributed by atoms with Gasteiger partial charge in [-0.25, -0.2) is 14.6 Å². The molecule has 3 heterocycles. The first kappa shape index (κ1) is 26.1. The van der Waals surface area contributed by atoms with Crippen molar-refractivity contribution >= 4 is 17.8 Å². The number of aromatic nitrogens is 4. The van der Waals surface area contributed by atoms with Gasteiger partial charge in [0.05, 0.1) is 17.8 Å². The molecule has 0 saturated carbocycles. The van der Waals surface area contributed by atoms with Gasteiger partial charge in [-0.15, -0.1) is 0 Å². The number of aryl methyl sites for hydroxylation is 1. The number of benzene rings is 1. The summed E-state index contributed by atoms with van der Waals surface area (Å²) in [4.78, 5) is 33.1. The van der Waals surface area contributed by atoms with Crippen LogP contribution in [0.5, 0.6) is 0 Å². The maximum atomic E-state index is 9.55. The van der Waals surface area contributed by atoms with Crippen molar-refractivity contribution < 1.29 is 19.8 Å². The molecule has 186 valence electrons. The van der Waals surface area contributed by atoms with Crippen LogP contribution in [0.15, 0.2) is 55.1 Å². The van der Waals surface area contributed by atoms with Crippen LogP contribution in [-0.4, -0.2) is 73.4 Å². The van der Waals surface area contributed by atoms with E-state index in [9.17, 15) is 9.59 Å². The molecule has 1 aliphatic rings. The van der Waals surface area contributed by atoms with Gasteiger partial charge >= 0.3 is 11.9 Å². The zero-order valence-electron chi connectivity index (χ0n) is 20.0. The molecule has 0 bridgehead atoms. The van der Waals surface area contributed by atoms with Gasteiger partial charge in [-0.3, -0.25) is 15.0 Å². The number of aromatic amines is 1. The molecule has 1 aliphatic heterocycles. The van der Waals surface area contributed by atoms with Gasteiger partial charge in [-0.05, 0) is 31.5 Å².